The van der Waals surface area contributed by atoms with Crippen LogP contribution in [0.2, 0.25) is 0 Å². The van der Waals surface area contributed by atoms with Crippen molar-refractivity contribution in [2.45, 2.75) is 25.3 Å². The topological polar surface area (TPSA) is 87.7 Å². The summed E-state index contributed by atoms with van der Waals surface area (Å²) in [6.07, 6.45) is 2.32. The van der Waals surface area contributed by atoms with Gasteiger partial charge < -0.3 is 20.3 Å². The first-order chi connectivity index (χ1) is 14.5. The summed E-state index contributed by atoms with van der Waals surface area (Å²) in [4.78, 5) is 38.5. The maximum absolute atomic E-state index is 12.9. The number of fused-ring (bicyclic) bond motifs is 3. The van der Waals surface area contributed by atoms with Crippen molar-refractivity contribution in [2.75, 3.05) is 29.9 Å². The number of hydrogen-bond donors (Lipinski definition) is 2. The van der Waals surface area contributed by atoms with Gasteiger partial charge in [0.2, 0.25) is 5.91 Å². The zero-order valence-corrected chi connectivity index (χ0v) is 16.3. The number of esters is 1. The van der Waals surface area contributed by atoms with E-state index in [-0.39, 0.29) is 23.3 Å². The van der Waals surface area contributed by atoms with Crippen LogP contribution in [0, 0.1) is 5.82 Å². The summed E-state index contributed by atoms with van der Waals surface area (Å²) in [6.45, 7) is 0.761. The molecule has 1 saturated heterocycles. The number of rotatable bonds is 6. The number of carbonyl (C=O) groups excluding carboxylic acids is 3. The maximum Gasteiger partial charge on any atom is 0.338 e. The van der Waals surface area contributed by atoms with Crippen molar-refractivity contribution < 1.29 is 23.5 Å². The van der Waals surface area contributed by atoms with Crippen molar-refractivity contribution in [3.8, 4) is 0 Å². The van der Waals surface area contributed by atoms with Crippen LogP contribution >= 0.6 is 0 Å². The molecule has 2 heterocycles. The molecule has 0 saturated carbocycles. The van der Waals surface area contributed by atoms with Crippen molar-refractivity contribution in [3.05, 3.63) is 59.4 Å². The van der Waals surface area contributed by atoms with Crippen LogP contribution in [0.5, 0.6) is 0 Å². The molecule has 1 fully saturated rings. The second-order valence-electron chi connectivity index (χ2n) is 7.38. The van der Waals surface area contributed by atoms with Gasteiger partial charge in [-0.05, 0) is 55.2 Å². The SMILES string of the molecule is O=C(COC(=O)c1ccc2c(c1)NC(=O)[C@H]1CCCN21)NCCc1ccc(F)cc1. The Bertz CT molecular complexity index is 977. The summed E-state index contributed by atoms with van der Waals surface area (Å²) in [5, 5.41) is 5.51. The lowest BCUT2D eigenvalue weighted by atomic mass is 10.1. The number of hydrogen-bond acceptors (Lipinski definition) is 5. The van der Waals surface area contributed by atoms with E-state index in [9.17, 15) is 18.8 Å². The molecule has 2 aromatic carbocycles. The molecule has 2 aliphatic heterocycles. The number of amides is 2. The molecule has 2 aliphatic rings. The Balaban J connectivity index is 1.28. The molecule has 0 aromatic heterocycles. The lowest BCUT2D eigenvalue weighted by molar-refractivity contribution is -0.124. The van der Waals surface area contributed by atoms with E-state index in [1.807, 2.05) is 0 Å². The molecule has 2 aromatic rings. The van der Waals surface area contributed by atoms with Crippen molar-refractivity contribution in [1.82, 2.24) is 5.32 Å². The van der Waals surface area contributed by atoms with Gasteiger partial charge in [0, 0.05) is 13.1 Å². The summed E-state index contributed by atoms with van der Waals surface area (Å²) in [7, 11) is 0. The van der Waals surface area contributed by atoms with Gasteiger partial charge in [0.05, 0.1) is 16.9 Å². The number of benzene rings is 2. The highest BCUT2D eigenvalue weighted by molar-refractivity contribution is 6.05. The van der Waals surface area contributed by atoms with Crippen LogP contribution in [0.3, 0.4) is 0 Å². The Labute approximate surface area is 173 Å². The van der Waals surface area contributed by atoms with Crippen molar-refractivity contribution >= 4 is 29.2 Å². The van der Waals surface area contributed by atoms with Crippen LogP contribution in [0.25, 0.3) is 0 Å². The second kappa shape index (κ2) is 8.52. The predicted molar refractivity (Wildman–Crippen MR) is 109 cm³/mol. The highest BCUT2D eigenvalue weighted by Gasteiger charge is 2.36. The monoisotopic (exact) mass is 411 g/mol. The van der Waals surface area contributed by atoms with E-state index >= 15 is 0 Å². The van der Waals surface area contributed by atoms with Gasteiger partial charge in [-0.3, -0.25) is 9.59 Å². The molecule has 2 amide bonds. The van der Waals surface area contributed by atoms with Crippen LogP contribution in [-0.4, -0.2) is 43.5 Å². The van der Waals surface area contributed by atoms with E-state index < -0.39 is 18.5 Å². The van der Waals surface area contributed by atoms with E-state index in [4.69, 9.17) is 4.74 Å². The molecule has 30 heavy (non-hydrogen) atoms. The zero-order chi connectivity index (χ0) is 21.1. The van der Waals surface area contributed by atoms with E-state index in [1.165, 1.54) is 12.1 Å². The summed E-state index contributed by atoms with van der Waals surface area (Å²) in [5.41, 5.74) is 2.64. The van der Waals surface area contributed by atoms with Gasteiger partial charge in [0.25, 0.3) is 5.91 Å². The molecular weight excluding hydrogens is 389 g/mol. The van der Waals surface area contributed by atoms with Crippen molar-refractivity contribution in [1.29, 1.82) is 0 Å². The summed E-state index contributed by atoms with van der Waals surface area (Å²) < 4.78 is 18.0. The molecule has 1 atom stereocenters. The Hall–Kier alpha value is -3.42. The van der Waals surface area contributed by atoms with Gasteiger partial charge in [-0.2, -0.15) is 0 Å². The van der Waals surface area contributed by atoms with E-state index in [1.54, 1.807) is 30.3 Å². The molecule has 0 spiro atoms. The quantitative estimate of drug-likeness (QED) is 0.712. The summed E-state index contributed by atoms with van der Waals surface area (Å²) >= 11 is 0. The smallest absolute Gasteiger partial charge is 0.338 e. The fourth-order valence-electron chi connectivity index (χ4n) is 3.82. The number of nitrogens with one attached hydrogen (secondary N) is 2. The minimum atomic E-state index is -0.635. The van der Waals surface area contributed by atoms with Crippen LogP contribution in [0.4, 0.5) is 15.8 Å². The van der Waals surface area contributed by atoms with Crippen LogP contribution in [0.15, 0.2) is 42.5 Å². The third kappa shape index (κ3) is 4.27. The largest absolute Gasteiger partial charge is 0.452 e. The van der Waals surface area contributed by atoms with Gasteiger partial charge in [-0.1, -0.05) is 12.1 Å². The zero-order valence-electron chi connectivity index (χ0n) is 16.3. The van der Waals surface area contributed by atoms with Crippen LogP contribution < -0.4 is 15.5 Å². The Kier molecular flexibility index (Phi) is 5.65. The van der Waals surface area contributed by atoms with Gasteiger partial charge >= 0.3 is 5.97 Å². The lowest BCUT2D eigenvalue weighted by Crippen LogP contribution is -2.43. The molecule has 2 N–H and O–H groups in total. The normalized spacial score (nSPS) is 17.0. The number of halogens is 1. The fraction of sp³-hybridized carbons (Fsp3) is 0.318. The highest BCUT2D eigenvalue weighted by atomic mass is 19.1. The highest BCUT2D eigenvalue weighted by Crippen LogP contribution is 2.37. The first-order valence-corrected chi connectivity index (χ1v) is 9.91. The molecule has 0 aliphatic carbocycles. The fourth-order valence-corrected chi connectivity index (χ4v) is 3.82. The van der Waals surface area contributed by atoms with Gasteiger partial charge in [-0.25, -0.2) is 9.18 Å². The minimum absolute atomic E-state index is 0.0638. The third-order valence-electron chi connectivity index (χ3n) is 5.34. The molecular formula is C22H22FN3O4. The van der Waals surface area contributed by atoms with E-state index in [0.29, 0.717) is 18.7 Å². The molecule has 4 rings (SSSR count). The molecule has 7 nitrogen and oxygen atoms in total. The van der Waals surface area contributed by atoms with Gasteiger partial charge in [-0.15, -0.1) is 0 Å². The molecule has 8 heteroatoms. The van der Waals surface area contributed by atoms with Crippen molar-refractivity contribution in [2.24, 2.45) is 0 Å². The van der Waals surface area contributed by atoms with Crippen molar-refractivity contribution in [3.63, 3.8) is 0 Å². The maximum atomic E-state index is 12.9. The standard InChI is InChI=1S/C22H22FN3O4/c23-16-6-3-14(4-7-16)9-10-24-20(27)13-30-22(29)15-5-8-18-17(12-15)25-21(28)19-2-1-11-26(18)19/h3-8,12,19H,1-2,9-11,13H2,(H,24,27)(H,25,28)/t19-/m1/s1. The Morgan fingerprint density at radius 2 is 2.00 bits per heavy atom. The van der Waals surface area contributed by atoms with Gasteiger partial charge in [0.15, 0.2) is 6.61 Å². The summed E-state index contributed by atoms with van der Waals surface area (Å²) in [5.74, 6) is -1.43. The number of carbonyl (C=O) groups is 3. The summed E-state index contributed by atoms with van der Waals surface area (Å²) in [6, 6.07) is 10.9. The second-order valence-corrected chi connectivity index (χ2v) is 7.38. The third-order valence-corrected chi connectivity index (χ3v) is 5.34. The Morgan fingerprint density at radius 3 is 2.80 bits per heavy atom. The number of ether oxygens (including phenoxy) is 1. The first kappa shape index (κ1) is 19.9. The van der Waals surface area contributed by atoms with E-state index in [2.05, 4.69) is 15.5 Å². The lowest BCUT2D eigenvalue weighted by Gasteiger charge is -2.33. The molecule has 0 radical (unpaired) electrons. The average molecular weight is 411 g/mol. The number of anilines is 2. The minimum Gasteiger partial charge on any atom is -0.452 e. The van der Waals surface area contributed by atoms with E-state index in [0.717, 1.165) is 30.6 Å². The Morgan fingerprint density at radius 1 is 1.20 bits per heavy atom. The molecule has 0 unspecified atom stereocenters. The predicted octanol–water partition coefficient (Wildman–Crippen LogP) is 2.26. The average Bonchev–Trinajstić information content (AvgIpc) is 3.24. The van der Waals surface area contributed by atoms with Gasteiger partial charge in [0.1, 0.15) is 11.9 Å². The van der Waals surface area contributed by atoms with Crippen LogP contribution in [0.1, 0.15) is 28.8 Å². The molecule has 156 valence electrons. The number of nitrogens with zero attached hydrogens (tertiary/aromatic N) is 1. The molecule has 0 bridgehead atoms. The first-order valence-electron chi connectivity index (χ1n) is 9.91. The van der Waals surface area contributed by atoms with Crippen LogP contribution in [-0.2, 0) is 20.7 Å².